The largest absolute Gasteiger partial charge is 0.460 e. The number of ether oxygens (including phenoxy) is 2. The van der Waals surface area contributed by atoms with Crippen LogP contribution >= 0.6 is 0 Å². The van der Waals surface area contributed by atoms with E-state index in [4.69, 9.17) is 9.47 Å². The number of rotatable bonds is 10. The molecule has 1 heterocycles. The van der Waals surface area contributed by atoms with Crippen molar-refractivity contribution < 1.29 is 32.4 Å². The molecule has 13 heteroatoms. The molecule has 0 spiro atoms. The van der Waals surface area contributed by atoms with Crippen LogP contribution in [-0.4, -0.2) is 45.4 Å². The monoisotopic (exact) mass is 541 g/mol. The smallest absolute Gasteiger partial charge is 0.416 e. The van der Waals surface area contributed by atoms with Gasteiger partial charge in [-0.05, 0) is 49.4 Å². The summed E-state index contributed by atoms with van der Waals surface area (Å²) in [4.78, 5) is 27.3. The predicted octanol–water partition coefficient (Wildman–Crippen LogP) is 5.53. The minimum atomic E-state index is -4.49. The number of halogens is 3. The van der Waals surface area contributed by atoms with E-state index < -0.39 is 22.6 Å². The van der Waals surface area contributed by atoms with Gasteiger partial charge in [-0.3, -0.25) is 14.9 Å². The number of non-ortho nitro benzene ring substituents is 1. The lowest BCUT2D eigenvalue weighted by Gasteiger charge is -2.10. The summed E-state index contributed by atoms with van der Waals surface area (Å²) < 4.78 is 51.4. The first kappa shape index (κ1) is 27.3. The fourth-order valence-corrected chi connectivity index (χ4v) is 3.52. The lowest BCUT2D eigenvalue weighted by atomic mass is 10.1. The van der Waals surface area contributed by atoms with Crippen LogP contribution in [-0.2, 0) is 10.9 Å². The Bertz CT molecular complexity index is 1450. The Morgan fingerprint density at radius 2 is 1.77 bits per heavy atom. The Morgan fingerprint density at radius 1 is 1.05 bits per heavy atom. The highest BCUT2D eigenvalue weighted by atomic mass is 19.4. The van der Waals surface area contributed by atoms with Crippen molar-refractivity contribution in [2.45, 2.75) is 13.1 Å². The third-order valence-electron chi connectivity index (χ3n) is 5.41. The van der Waals surface area contributed by atoms with Crippen molar-refractivity contribution in [3.05, 3.63) is 94.0 Å². The number of benzene rings is 3. The van der Waals surface area contributed by atoms with Gasteiger partial charge >= 0.3 is 12.2 Å². The summed E-state index contributed by atoms with van der Waals surface area (Å²) in [5.74, 6) is -0.280. The molecule has 1 amide bonds. The molecule has 3 aromatic carbocycles. The molecule has 0 saturated heterocycles. The number of nitrogens with one attached hydrogen (secondary N) is 1. The molecule has 0 unspecified atom stereocenters. The van der Waals surface area contributed by atoms with E-state index in [9.17, 15) is 28.1 Å². The molecule has 1 aromatic heterocycles. The second kappa shape index (κ2) is 11.7. The van der Waals surface area contributed by atoms with Crippen molar-refractivity contribution >= 4 is 17.3 Å². The molecule has 0 bridgehead atoms. The van der Waals surface area contributed by atoms with Crippen LogP contribution in [0.25, 0.3) is 17.1 Å². The summed E-state index contributed by atoms with van der Waals surface area (Å²) in [6.45, 7) is 2.80. The second-order valence-corrected chi connectivity index (χ2v) is 8.06. The molecule has 0 saturated carbocycles. The zero-order valence-electron chi connectivity index (χ0n) is 20.5. The molecule has 0 radical (unpaired) electrons. The van der Waals surface area contributed by atoms with Crippen LogP contribution in [0.3, 0.4) is 0 Å². The Balaban J connectivity index is 1.63. The van der Waals surface area contributed by atoms with Gasteiger partial charge in [-0.15, -0.1) is 5.10 Å². The molecule has 0 atom stereocenters. The van der Waals surface area contributed by atoms with Crippen LogP contribution in [0.5, 0.6) is 6.01 Å². The van der Waals surface area contributed by atoms with Gasteiger partial charge < -0.3 is 14.8 Å². The van der Waals surface area contributed by atoms with Gasteiger partial charge in [-0.2, -0.15) is 18.2 Å². The maximum Gasteiger partial charge on any atom is 0.416 e. The van der Waals surface area contributed by atoms with Crippen molar-refractivity contribution in [3.8, 4) is 23.1 Å². The summed E-state index contributed by atoms with van der Waals surface area (Å²) in [6, 6.07) is 16.1. The van der Waals surface area contributed by atoms with Gasteiger partial charge in [-0.25, -0.2) is 4.68 Å². The van der Waals surface area contributed by atoms with Crippen molar-refractivity contribution in [3.63, 3.8) is 0 Å². The number of nitrogens with zero attached hydrogens (tertiary/aromatic N) is 4. The minimum absolute atomic E-state index is 0.00933. The van der Waals surface area contributed by atoms with E-state index in [0.717, 1.165) is 12.1 Å². The lowest BCUT2D eigenvalue weighted by Crippen LogP contribution is -2.12. The van der Waals surface area contributed by atoms with Crippen molar-refractivity contribution in [2.24, 2.45) is 0 Å². The number of aromatic nitrogens is 3. The Morgan fingerprint density at radius 3 is 2.41 bits per heavy atom. The third-order valence-corrected chi connectivity index (χ3v) is 5.41. The third kappa shape index (κ3) is 6.76. The SMILES string of the molecule is CCOCCOc1nc(-c2ccc(C(F)(F)F)cc2)n(-c2cccc(NC(=O)c3ccc([N+](=O)[O-])cc3)c2)n1. The van der Waals surface area contributed by atoms with E-state index in [0.29, 0.717) is 30.2 Å². The second-order valence-electron chi connectivity index (χ2n) is 8.06. The first-order valence-electron chi connectivity index (χ1n) is 11.7. The molecular formula is C26H22F3N5O5. The van der Waals surface area contributed by atoms with Crippen molar-refractivity contribution in [1.29, 1.82) is 0 Å². The first-order valence-corrected chi connectivity index (χ1v) is 11.7. The van der Waals surface area contributed by atoms with Gasteiger partial charge in [0, 0.05) is 35.6 Å². The van der Waals surface area contributed by atoms with E-state index in [1.165, 1.54) is 41.1 Å². The number of nitro groups is 1. The first-order chi connectivity index (χ1) is 18.7. The Hall–Kier alpha value is -4.78. The average Bonchev–Trinajstić information content (AvgIpc) is 3.35. The highest BCUT2D eigenvalue weighted by molar-refractivity contribution is 6.04. The molecular weight excluding hydrogens is 519 g/mol. The van der Waals surface area contributed by atoms with Crippen LogP contribution in [0.15, 0.2) is 72.8 Å². The van der Waals surface area contributed by atoms with Gasteiger partial charge in [0.25, 0.3) is 11.6 Å². The van der Waals surface area contributed by atoms with Gasteiger partial charge in [0.05, 0.1) is 22.8 Å². The lowest BCUT2D eigenvalue weighted by molar-refractivity contribution is -0.384. The van der Waals surface area contributed by atoms with Crippen molar-refractivity contribution in [2.75, 3.05) is 25.1 Å². The molecule has 202 valence electrons. The molecule has 0 fully saturated rings. The highest BCUT2D eigenvalue weighted by Crippen LogP contribution is 2.32. The molecule has 1 N–H and O–H groups in total. The number of alkyl halides is 3. The van der Waals surface area contributed by atoms with E-state index in [2.05, 4.69) is 15.4 Å². The number of hydrogen-bond donors (Lipinski definition) is 1. The summed E-state index contributed by atoms with van der Waals surface area (Å²) >= 11 is 0. The topological polar surface area (TPSA) is 121 Å². The Kier molecular flexibility index (Phi) is 8.20. The number of amides is 1. The zero-order valence-corrected chi connectivity index (χ0v) is 20.5. The number of carbonyl (C=O) groups is 1. The van der Waals surface area contributed by atoms with Crippen molar-refractivity contribution in [1.82, 2.24) is 14.8 Å². The average molecular weight is 541 g/mol. The van der Waals surface area contributed by atoms with Crippen LogP contribution in [0, 0.1) is 10.1 Å². The Labute approximate surface area is 220 Å². The molecule has 39 heavy (non-hydrogen) atoms. The fraction of sp³-hybridized carbons (Fsp3) is 0.192. The van der Waals surface area contributed by atoms with Gasteiger partial charge in [0.2, 0.25) is 0 Å². The maximum atomic E-state index is 13.1. The fourth-order valence-electron chi connectivity index (χ4n) is 3.52. The van der Waals surface area contributed by atoms with Crippen LogP contribution < -0.4 is 10.1 Å². The highest BCUT2D eigenvalue weighted by Gasteiger charge is 2.30. The predicted molar refractivity (Wildman–Crippen MR) is 135 cm³/mol. The summed E-state index contributed by atoms with van der Waals surface area (Å²) in [5, 5.41) is 17.9. The molecule has 0 aliphatic heterocycles. The number of anilines is 1. The number of hydrogen-bond acceptors (Lipinski definition) is 7. The summed E-state index contributed by atoms with van der Waals surface area (Å²) in [5.41, 5.74) is 0.441. The maximum absolute atomic E-state index is 13.1. The number of carbonyl (C=O) groups excluding carboxylic acids is 1. The minimum Gasteiger partial charge on any atom is -0.460 e. The summed E-state index contributed by atoms with van der Waals surface area (Å²) in [7, 11) is 0. The van der Waals surface area contributed by atoms with E-state index in [-0.39, 0.29) is 29.7 Å². The normalized spacial score (nSPS) is 11.3. The molecule has 0 aliphatic rings. The van der Waals surface area contributed by atoms with Crippen LogP contribution in [0.1, 0.15) is 22.8 Å². The van der Waals surface area contributed by atoms with Gasteiger partial charge in [-0.1, -0.05) is 18.2 Å². The van der Waals surface area contributed by atoms with Crippen LogP contribution in [0.2, 0.25) is 0 Å². The quantitative estimate of drug-likeness (QED) is 0.159. The van der Waals surface area contributed by atoms with E-state index in [1.807, 2.05) is 6.92 Å². The molecule has 10 nitrogen and oxygen atoms in total. The molecule has 4 rings (SSSR count). The zero-order chi connectivity index (χ0) is 28.0. The van der Waals surface area contributed by atoms with Gasteiger partial charge in [0.1, 0.15) is 6.61 Å². The summed E-state index contributed by atoms with van der Waals surface area (Å²) in [6.07, 6.45) is -4.49. The van der Waals surface area contributed by atoms with Gasteiger partial charge in [0.15, 0.2) is 5.82 Å². The molecule has 0 aliphatic carbocycles. The number of nitro benzene ring substituents is 1. The van der Waals surface area contributed by atoms with E-state index in [1.54, 1.807) is 24.3 Å². The standard InChI is InChI=1S/C26H22F3N5O5/c1-2-38-14-15-39-25-31-23(17-6-10-19(11-7-17)26(27,28)29)33(32-25)22-5-3-4-20(16-22)30-24(35)18-8-12-21(13-9-18)34(36)37/h3-13,16H,2,14-15H2,1H3,(H,30,35). The van der Waals surface area contributed by atoms with E-state index >= 15 is 0 Å². The van der Waals surface area contributed by atoms with Crippen LogP contribution in [0.4, 0.5) is 24.5 Å². The molecule has 4 aromatic rings.